The Morgan fingerprint density at radius 3 is 2.75 bits per heavy atom. The summed E-state index contributed by atoms with van der Waals surface area (Å²) in [6.07, 6.45) is 1.60. The van der Waals surface area contributed by atoms with Crippen LogP contribution in [0.4, 0.5) is 0 Å². The molecular formula is C22H28N2O3S. The average Bonchev–Trinajstić information content (AvgIpc) is 3.18. The van der Waals surface area contributed by atoms with Crippen LogP contribution in [0.3, 0.4) is 0 Å². The van der Waals surface area contributed by atoms with Crippen LogP contribution in [0.5, 0.6) is 0 Å². The summed E-state index contributed by atoms with van der Waals surface area (Å²) < 4.78 is 5.36. The third-order valence-corrected chi connectivity index (χ3v) is 6.09. The van der Waals surface area contributed by atoms with Gasteiger partial charge >= 0.3 is 0 Å². The topological polar surface area (TPSA) is 49.9 Å². The van der Waals surface area contributed by atoms with E-state index in [1.165, 1.54) is 17.4 Å². The van der Waals surface area contributed by atoms with Crippen LogP contribution in [0.15, 0.2) is 41.8 Å². The molecule has 0 saturated heterocycles. The molecule has 5 nitrogen and oxygen atoms in total. The Labute approximate surface area is 170 Å². The Balaban J connectivity index is 1.76. The van der Waals surface area contributed by atoms with E-state index in [4.69, 9.17) is 4.74 Å². The maximum atomic E-state index is 13.2. The number of hydrogen-bond acceptors (Lipinski definition) is 4. The van der Waals surface area contributed by atoms with E-state index >= 15 is 0 Å². The summed E-state index contributed by atoms with van der Waals surface area (Å²) in [5.74, 6) is -0.0772. The number of rotatable bonds is 8. The van der Waals surface area contributed by atoms with Gasteiger partial charge in [-0.1, -0.05) is 30.3 Å². The summed E-state index contributed by atoms with van der Waals surface area (Å²) in [6, 6.07) is 12.2. The number of thiophene rings is 1. The molecule has 1 aromatic carbocycles. The molecular weight excluding hydrogens is 372 g/mol. The van der Waals surface area contributed by atoms with Crippen LogP contribution in [0.25, 0.3) is 0 Å². The fourth-order valence-electron chi connectivity index (χ4n) is 3.68. The van der Waals surface area contributed by atoms with Crippen molar-refractivity contribution < 1.29 is 14.3 Å². The minimum Gasteiger partial charge on any atom is -0.382 e. The van der Waals surface area contributed by atoms with Crippen molar-refractivity contribution in [1.82, 2.24) is 9.80 Å². The van der Waals surface area contributed by atoms with Gasteiger partial charge in [0.15, 0.2) is 0 Å². The molecule has 3 rings (SSSR count). The lowest BCUT2D eigenvalue weighted by Crippen LogP contribution is -2.46. The number of ether oxygens (including phenoxy) is 1. The van der Waals surface area contributed by atoms with E-state index in [0.29, 0.717) is 26.3 Å². The van der Waals surface area contributed by atoms with Gasteiger partial charge in [-0.3, -0.25) is 9.59 Å². The Morgan fingerprint density at radius 1 is 1.25 bits per heavy atom. The molecule has 0 unspecified atom stereocenters. The van der Waals surface area contributed by atoms with Crippen molar-refractivity contribution in [3.05, 3.63) is 57.8 Å². The number of benzene rings is 1. The molecule has 0 spiro atoms. The maximum Gasteiger partial charge on any atom is 0.242 e. The van der Waals surface area contributed by atoms with E-state index in [-0.39, 0.29) is 24.4 Å². The molecule has 2 heterocycles. The summed E-state index contributed by atoms with van der Waals surface area (Å²) in [7, 11) is 0. The van der Waals surface area contributed by atoms with Crippen molar-refractivity contribution in [2.24, 2.45) is 0 Å². The van der Waals surface area contributed by atoms with Gasteiger partial charge in [0, 0.05) is 38.1 Å². The van der Waals surface area contributed by atoms with Gasteiger partial charge in [0.05, 0.1) is 12.6 Å². The van der Waals surface area contributed by atoms with Gasteiger partial charge in [-0.15, -0.1) is 11.3 Å². The molecule has 0 fully saturated rings. The van der Waals surface area contributed by atoms with Crippen LogP contribution in [0.1, 0.15) is 42.3 Å². The number of fused-ring (bicyclic) bond motifs is 1. The van der Waals surface area contributed by atoms with Crippen molar-refractivity contribution in [2.45, 2.75) is 32.7 Å². The highest BCUT2D eigenvalue weighted by Crippen LogP contribution is 2.37. The number of nitrogens with zero attached hydrogens (tertiary/aromatic N) is 2. The minimum atomic E-state index is -0.0825. The third-order valence-electron chi connectivity index (χ3n) is 5.09. The molecule has 0 saturated carbocycles. The summed E-state index contributed by atoms with van der Waals surface area (Å²) in [5.41, 5.74) is 2.32. The maximum absolute atomic E-state index is 13.2. The highest BCUT2D eigenvalue weighted by Gasteiger charge is 2.33. The SMILES string of the molecule is CCOCCCN(CC(=O)N1CCc2sccc2[C@H]1c1ccccc1)C(C)=O. The summed E-state index contributed by atoms with van der Waals surface area (Å²) in [4.78, 5) is 30.2. The van der Waals surface area contributed by atoms with Crippen molar-refractivity contribution >= 4 is 23.2 Å². The van der Waals surface area contributed by atoms with Crippen molar-refractivity contribution in [3.8, 4) is 0 Å². The second-order valence-electron chi connectivity index (χ2n) is 6.94. The van der Waals surface area contributed by atoms with E-state index in [2.05, 4.69) is 23.6 Å². The van der Waals surface area contributed by atoms with E-state index in [0.717, 1.165) is 18.4 Å². The summed E-state index contributed by atoms with van der Waals surface area (Å²) >= 11 is 1.76. The van der Waals surface area contributed by atoms with Gasteiger partial charge in [-0.25, -0.2) is 0 Å². The standard InChI is InChI=1S/C22H28N2O3S/c1-3-27-14-7-12-23(17(2)25)16-21(26)24-13-10-20-19(11-15-28-20)22(24)18-8-5-4-6-9-18/h4-6,8-9,11,15,22H,3,7,10,12-14,16H2,1-2H3/t22-/m1/s1. The summed E-state index contributed by atoms with van der Waals surface area (Å²) in [5, 5.41) is 2.10. The monoisotopic (exact) mass is 400 g/mol. The molecule has 1 aromatic heterocycles. The fraction of sp³-hybridized carbons (Fsp3) is 0.455. The molecule has 1 aliphatic heterocycles. The third kappa shape index (κ3) is 4.80. The molecule has 0 N–H and O–H groups in total. The van der Waals surface area contributed by atoms with Crippen LogP contribution in [0, 0.1) is 0 Å². The number of carbonyl (C=O) groups excluding carboxylic acids is 2. The zero-order valence-corrected chi connectivity index (χ0v) is 17.4. The van der Waals surface area contributed by atoms with Gasteiger partial charge in [-0.05, 0) is 42.3 Å². The Hall–Kier alpha value is -2.18. The van der Waals surface area contributed by atoms with Crippen LogP contribution in [0.2, 0.25) is 0 Å². The Bertz CT molecular complexity index is 790. The number of amides is 2. The molecule has 28 heavy (non-hydrogen) atoms. The molecule has 1 atom stereocenters. The van der Waals surface area contributed by atoms with E-state index in [9.17, 15) is 9.59 Å². The van der Waals surface area contributed by atoms with Crippen molar-refractivity contribution in [2.75, 3.05) is 32.8 Å². The van der Waals surface area contributed by atoms with Crippen molar-refractivity contribution in [3.63, 3.8) is 0 Å². The highest BCUT2D eigenvalue weighted by molar-refractivity contribution is 7.10. The predicted molar refractivity (Wildman–Crippen MR) is 111 cm³/mol. The molecule has 0 bridgehead atoms. The van der Waals surface area contributed by atoms with Gasteiger partial charge < -0.3 is 14.5 Å². The quantitative estimate of drug-likeness (QED) is 0.637. The molecule has 1 aliphatic rings. The first-order valence-corrected chi connectivity index (χ1v) is 10.7. The molecule has 2 aromatic rings. The average molecular weight is 401 g/mol. The Kier molecular flexibility index (Phi) is 7.23. The second-order valence-corrected chi connectivity index (χ2v) is 7.94. The lowest BCUT2D eigenvalue weighted by Gasteiger charge is -2.37. The zero-order valence-electron chi connectivity index (χ0n) is 16.6. The number of hydrogen-bond donors (Lipinski definition) is 0. The zero-order chi connectivity index (χ0) is 19.9. The van der Waals surface area contributed by atoms with E-state index in [1.807, 2.05) is 30.0 Å². The first kappa shape index (κ1) is 20.6. The first-order valence-electron chi connectivity index (χ1n) is 9.85. The Morgan fingerprint density at radius 2 is 2.04 bits per heavy atom. The lowest BCUT2D eigenvalue weighted by atomic mass is 9.93. The molecule has 6 heteroatoms. The smallest absolute Gasteiger partial charge is 0.242 e. The minimum absolute atomic E-state index is 0.00249. The van der Waals surface area contributed by atoms with Crippen LogP contribution >= 0.6 is 11.3 Å². The van der Waals surface area contributed by atoms with Crippen molar-refractivity contribution in [1.29, 1.82) is 0 Å². The van der Waals surface area contributed by atoms with Crippen LogP contribution < -0.4 is 0 Å². The highest BCUT2D eigenvalue weighted by atomic mass is 32.1. The molecule has 0 radical (unpaired) electrons. The van der Waals surface area contributed by atoms with E-state index < -0.39 is 0 Å². The normalized spacial score (nSPS) is 15.9. The predicted octanol–water partition coefficient (Wildman–Crippen LogP) is 3.50. The second kappa shape index (κ2) is 9.85. The number of carbonyl (C=O) groups is 2. The first-order chi connectivity index (χ1) is 13.6. The van der Waals surface area contributed by atoms with E-state index in [1.54, 1.807) is 16.2 Å². The molecule has 2 amide bonds. The van der Waals surface area contributed by atoms with Crippen LogP contribution in [-0.4, -0.2) is 54.5 Å². The van der Waals surface area contributed by atoms with Gasteiger partial charge in [0.25, 0.3) is 0 Å². The van der Waals surface area contributed by atoms with Gasteiger partial charge in [0.2, 0.25) is 11.8 Å². The molecule has 0 aliphatic carbocycles. The molecule has 150 valence electrons. The summed E-state index contributed by atoms with van der Waals surface area (Å²) in [6.45, 7) is 6.06. The lowest BCUT2D eigenvalue weighted by molar-refractivity contribution is -0.140. The van der Waals surface area contributed by atoms with Gasteiger partial charge in [0.1, 0.15) is 0 Å². The van der Waals surface area contributed by atoms with Gasteiger partial charge in [-0.2, -0.15) is 0 Å². The largest absolute Gasteiger partial charge is 0.382 e. The van der Waals surface area contributed by atoms with Crippen LogP contribution in [-0.2, 0) is 20.7 Å². The fourth-order valence-corrected chi connectivity index (χ4v) is 4.59.